The first kappa shape index (κ1) is 15.1. The molecule has 1 aromatic carbocycles. The number of ketones is 1. The van der Waals surface area contributed by atoms with Crippen molar-refractivity contribution in [2.45, 2.75) is 32.3 Å². The SMILES string of the molecule is Cc1nn(-c2ccccc2)c2sc(C(=O)O[C@H]3CCCC3=O)cc12. The monoisotopic (exact) mass is 340 g/mol. The molecule has 1 aliphatic carbocycles. The summed E-state index contributed by atoms with van der Waals surface area (Å²) >= 11 is 1.35. The summed E-state index contributed by atoms with van der Waals surface area (Å²) in [6, 6.07) is 11.6. The van der Waals surface area contributed by atoms with E-state index in [0.717, 1.165) is 28.0 Å². The van der Waals surface area contributed by atoms with E-state index < -0.39 is 12.1 Å². The lowest BCUT2D eigenvalue weighted by atomic mass is 10.3. The Hall–Kier alpha value is -2.47. The van der Waals surface area contributed by atoms with Crippen molar-refractivity contribution in [3.05, 3.63) is 47.0 Å². The Morgan fingerprint density at radius 1 is 1.33 bits per heavy atom. The van der Waals surface area contributed by atoms with Crippen LogP contribution in [0.25, 0.3) is 15.9 Å². The predicted molar refractivity (Wildman–Crippen MR) is 91.7 cm³/mol. The Bertz CT molecular complexity index is 927. The molecule has 122 valence electrons. The zero-order chi connectivity index (χ0) is 16.7. The van der Waals surface area contributed by atoms with Crippen LogP contribution in [0.1, 0.15) is 34.6 Å². The van der Waals surface area contributed by atoms with Gasteiger partial charge in [-0.1, -0.05) is 18.2 Å². The Morgan fingerprint density at radius 3 is 2.83 bits per heavy atom. The summed E-state index contributed by atoms with van der Waals surface area (Å²) in [6.07, 6.45) is 1.36. The number of esters is 1. The number of nitrogens with zero attached hydrogens (tertiary/aromatic N) is 2. The van der Waals surface area contributed by atoms with Crippen LogP contribution in [0.3, 0.4) is 0 Å². The summed E-state index contributed by atoms with van der Waals surface area (Å²) in [5, 5.41) is 5.50. The number of carbonyl (C=O) groups is 2. The fourth-order valence-corrected chi connectivity index (χ4v) is 4.05. The molecule has 2 aromatic heterocycles. The zero-order valence-electron chi connectivity index (χ0n) is 13.2. The Balaban J connectivity index is 1.68. The van der Waals surface area contributed by atoms with Gasteiger partial charge in [-0.25, -0.2) is 9.48 Å². The molecule has 0 saturated heterocycles. The number of aryl methyl sites for hydroxylation is 1. The standard InChI is InChI=1S/C18H16N2O3S/c1-11-13-10-16(18(22)23-15-9-5-8-14(15)21)24-17(13)20(19-11)12-6-3-2-4-7-12/h2-4,6-7,10,15H,5,8-9H2,1H3/t15-/m0/s1. The van der Waals surface area contributed by atoms with E-state index in [4.69, 9.17) is 4.74 Å². The number of rotatable bonds is 3. The average Bonchev–Trinajstić information content (AvgIpc) is 3.26. The number of benzene rings is 1. The van der Waals surface area contributed by atoms with Gasteiger partial charge in [0.15, 0.2) is 11.9 Å². The number of hydrogen-bond donors (Lipinski definition) is 0. The van der Waals surface area contributed by atoms with Crippen molar-refractivity contribution >= 4 is 33.3 Å². The van der Waals surface area contributed by atoms with Crippen LogP contribution in [-0.4, -0.2) is 27.6 Å². The van der Waals surface area contributed by atoms with E-state index in [-0.39, 0.29) is 5.78 Å². The maximum Gasteiger partial charge on any atom is 0.349 e. The summed E-state index contributed by atoms with van der Waals surface area (Å²) in [5.41, 5.74) is 1.81. The number of para-hydroxylation sites is 1. The molecule has 1 saturated carbocycles. The first-order valence-corrected chi connectivity index (χ1v) is 8.73. The molecular formula is C18H16N2O3S. The summed E-state index contributed by atoms with van der Waals surface area (Å²) < 4.78 is 7.23. The summed E-state index contributed by atoms with van der Waals surface area (Å²) in [4.78, 5) is 25.5. The van der Waals surface area contributed by atoms with E-state index >= 15 is 0 Å². The second-order valence-corrected chi connectivity index (χ2v) is 6.95. The Kier molecular flexibility index (Phi) is 3.69. The van der Waals surface area contributed by atoms with Gasteiger partial charge < -0.3 is 4.74 Å². The van der Waals surface area contributed by atoms with Gasteiger partial charge in [0.05, 0.1) is 11.4 Å². The fourth-order valence-electron chi connectivity index (χ4n) is 2.99. The maximum atomic E-state index is 12.4. The first-order valence-electron chi connectivity index (χ1n) is 7.92. The van der Waals surface area contributed by atoms with E-state index in [0.29, 0.717) is 17.7 Å². The second kappa shape index (κ2) is 5.87. The molecule has 0 aliphatic heterocycles. The van der Waals surface area contributed by atoms with Gasteiger partial charge in [0.25, 0.3) is 0 Å². The molecule has 1 aliphatic rings. The number of Topliss-reactive ketones (excluding diaryl/α,β-unsaturated/α-hetero) is 1. The topological polar surface area (TPSA) is 61.2 Å². The molecule has 3 aromatic rings. The van der Waals surface area contributed by atoms with Crippen molar-refractivity contribution in [1.82, 2.24) is 9.78 Å². The van der Waals surface area contributed by atoms with E-state index in [1.807, 2.05) is 48.0 Å². The summed E-state index contributed by atoms with van der Waals surface area (Å²) in [7, 11) is 0. The molecule has 0 amide bonds. The van der Waals surface area contributed by atoms with Crippen molar-refractivity contribution in [3.63, 3.8) is 0 Å². The highest BCUT2D eigenvalue weighted by Crippen LogP contribution is 2.31. The van der Waals surface area contributed by atoms with Gasteiger partial charge >= 0.3 is 5.97 Å². The van der Waals surface area contributed by atoms with Crippen LogP contribution in [0.2, 0.25) is 0 Å². The molecule has 6 heteroatoms. The summed E-state index contributed by atoms with van der Waals surface area (Å²) in [5.74, 6) is -0.397. The number of thiophene rings is 1. The zero-order valence-corrected chi connectivity index (χ0v) is 14.0. The smallest absolute Gasteiger partial charge is 0.349 e. The van der Waals surface area contributed by atoms with Crippen molar-refractivity contribution in [2.75, 3.05) is 0 Å². The molecular weight excluding hydrogens is 324 g/mol. The van der Waals surface area contributed by atoms with Crippen molar-refractivity contribution in [2.24, 2.45) is 0 Å². The van der Waals surface area contributed by atoms with Crippen LogP contribution in [0, 0.1) is 6.92 Å². The van der Waals surface area contributed by atoms with Gasteiger partial charge in [0.2, 0.25) is 0 Å². The van der Waals surface area contributed by atoms with E-state index in [2.05, 4.69) is 5.10 Å². The van der Waals surface area contributed by atoms with Crippen LogP contribution < -0.4 is 0 Å². The minimum Gasteiger partial charge on any atom is -0.450 e. The van der Waals surface area contributed by atoms with Gasteiger partial charge in [-0.15, -0.1) is 11.3 Å². The average molecular weight is 340 g/mol. The van der Waals surface area contributed by atoms with Gasteiger partial charge in [0.1, 0.15) is 9.71 Å². The van der Waals surface area contributed by atoms with Crippen LogP contribution in [-0.2, 0) is 9.53 Å². The molecule has 0 bridgehead atoms. The fraction of sp³-hybridized carbons (Fsp3) is 0.278. The van der Waals surface area contributed by atoms with Crippen LogP contribution in [0.4, 0.5) is 0 Å². The normalized spacial score (nSPS) is 17.5. The summed E-state index contributed by atoms with van der Waals surface area (Å²) in [6.45, 7) is 1.92. The van der Waals surface area contributed by atoms with Crippen LogP contribution >= 0.6 is 11.3 Å². The minimum absolute atomic E-state index is 0.0242. The van der Waals surface area contributed by atoms with E-state index in [1.54, 1.807) is 0 Å². The van der Waals surface area contributed by atoms with Crippen LogP contribution in [0.15, 0.2) is 36.4 Å². The van der Waals surface area contributed by atoms with E-state index in [1.165, 1.54) is 11.3 Å². The Labute approximate surface area is 142 Å². The molecule has 1 atom stereocenters. The van der Waals surface area contributed by atoms with Gasteiger partial charge in [-0.05, 0) is 38.0 Å². The highest BCUT2D eigenvalue weighted by Gasteiger charge is 2.29. The van der Waals surface area contributed by atoms with Gasteiger partial charge in [0, 0.05) is 11.8 Å². The lowest BCUT2D eigenvalue weighted by molar-refractivity contribution is -0.124. The number of fused-ring (bicyclic) bond motifs is 1. The molecule has 0 N–H and O–H groups in total. The highest BCUT2D eigenvalue weighted by atomic mass is 32.1. The van der Waals surface area contributed by atoms with Crippen molar-refractivity contribution < 1.29 is 14.3 Å². The molecule has 4 rings (SSSR count). The number of aromatic nitrogens is 2. The third-order valence-electron chi connectivity index (χ3n) is 4.24. The van der Waals surface area contributed by atoms with Crippen molar-refractivity contribution in [3.8, 4) is 5.69 Å². The second-order valence-electron chi connectivity index (χ2n) is 5.91. The third-order valence-corrected chi connectivity index (χ3v) is 5.34. The lowest BCUT2D eigenvalue weighted by Crippen LogP contribution is -2.21. The third kappa shape index (κ3) is 2.53. The molecule has 24 heavy (non-hydrogen) atoms. The molecule has 1 fully saturated rings. The number of ether oxygens (including phenoxy) is 1. The maximum absolute atomic E-state index is 12.4. The molecule has 5 nitrogen and oxygen atoms in total. The Morgan fingerprint density at radius 2 is 2.12 bits per heavy atom. The van der Waals surface area contributed by atoms with Crippen LogP contribution in [0.5, 0.6) is 0 Å². The van der Waals surface area contributed by atoms with Crippen molar-refractivity contribution in [1.29, 1.82) is 0 Å². The number of hydrogen-bond acceptors (Lipinski definition) is 5. The number of carbonyl (C=O) groups excluding carboxylic acids is 2. The molecule has 0 spiro atoms. The van der Waals surface area contributed by atoms with Gasteiger partial charge in [-0.3, -0.25) is 4.79 Å². The molecule has 2 heterocycles. The quantitative estimate of drug-likeness (QED) is 0.683. The highest BCUT2D eigenvalue weighted by molar-refractivity contribution is 7.20. The van der Waals surface area contributed by atoms with E-state index in [9.17, 15) is 9.59 Å². The predicted octanol–water partition coefficient (Wildman–Crippen LogP) is 3.67. The molecule has 0 radical (unpaired) electrons. The minimum atomic E-state index is -0.575. The molecule has 0 unspecified atom stereocenters. The van der Waals surface area contributed by atoms with Gasteiger partial charge in [-0.2, -0.15) is 5.10 Å². The largest absolute Gasteiger partial charge is 0.450 e. The lowest BCUT2D eigenvalue weighted by Gasteiger charge is -2.08. The first-order chi connectivity index (χ1) is 11.6.